The van der Waals surface area contributed by atoms with Gasteiger partial charge in [0.15, 0.2) is 11.5 Å². The third kappa shape index (κ3) is 9.27. The summed E-state index contributed by atoms with van der Waals surface area (Å²) in [6.45, 7) is 5.07. The molecule has 0 aromatic heterocycles. The van der Waals surface area contributed by atoms with E-state index in [0.29, 0.717) is 10.8 Å². The van der Waals surface area contributed by atoms with Crippen molar-refractivity contribution in [1.82, 2.24) is 10.2 Å². The lowest BCUT2D eigenvalue weighted by atomic mass is 10.0. The fraction of sp³-hybridized carbons (Fsp3) is 0.278. The summed E-state index contributed by atoms with van der Waals surface area (Å²) < 4.78 is 40.3. The maximum atomic E-state index is 14.6. The van der Waals surface area contributed by atoms with Gasteiger partial charge >= 0.3 is 0 Å². The maximum Gasteiger partial charge on any atom is 0.264 e. The molecular formula is C36H40ClN3O6S. The highest BCUT2D eigenvalue weighted by molar-refractivity contribution is 7.92. The molecule has 0 bridgehead atoms. The normalized spacial score (nSPS) is 12.1. The van der Waals surface area contributed by atoms with E-state index in [1.807, 2.05) is 81.4 Å². The van der Waals surface area contributed by atoms with Gasteiger partial charge in [-0.2, -0.15) is 0 Å². The second kappa shape index (κ2) is 15.4. The highest BCUT2D eigenvalue weighted by Gasteiger charge is 2.36. The van der Waals surface area contributed by atoms with Gasteiger partial charge in [-0.05, 0) is 68.3 Å². The zero-order chi connectivity index (χ0) is 34.2. The number of amides is 2. The van der Waals surface area contributed by atoms with Crippen molar-refractivity contribution in [1.29, 1.82) is 0 Å². The van der Waals surface area contributed by atoms with E-state index in [-0.39, 0.29) is 35.2 Å². The Labute approximate surface area is 282 Å². The van der Waals surface area contributed by atoms with Crippen molar-refractivity contribution in [2.75, 3.05) is 25.1 Å². The summed E-state index contributed by atoms with van der Waals surface area (Å²) in [5.74, 6) is -0.365. The molecule has 0 unspecified atom stereocenters. The van der Waals surface area contributed by atoms with Crippen molar-refractivity contribution >= 4 is 39.1 Å². The van der Waals surface area contributed by atoms with Gasteiger partial charge in [0.05, 0.1) is 24.8 Å². The number of sulfonamides is 1. The second-order valence-electron chi connectivity index (χ2n) is 12.0. The van der Waals surface area contributed by atoms with Crippen molar-refractivity contribution in [2.24, 2.45) is 0 Å². The minimum absolute atomic E-state index is 0.0690. The van der Waals surface area contributed by atoms with Crippen LogP contribution in [0.2, 0.25) is 5.02 Å². The van der Waals surface area contributed by atoms with E-state index in [1.54, 1.807) is 12.1 Å². The Morgan fingerprint density at radius 2 is 1.38 bits per heavy atom. The van der Waals surface area contributed by atoms with Crippen LogP contribution in [0.25, 0.3) is 0 Å². The van der Waals surface area contributed by atoms with Crippen molar-refractivity contribution in [3.63, 3.8) is 0 Å². The van der Waals surface area contributed by atoms with Crippen LogP contribution in [0.5, 0.6) is 11.5 Å². The largest absolute Gasteiger partial charge is 0.493 e. The Hall–Kier alpha value is -4.54. The molecule has 0 aliphatic heterocycles. The molecule has 1 atom stereocenters. The first-order valence-electron chi connectivity index (χ1n) is 15.0. The molecule has 11 heteroatoms. The highest BCUT2D eigenvalue weighted by Crippen LogP contribution is 2.33. The quantitative estimate of drug-likeness (QED) is 0.183. The Morgan fingerprint density at radius 1 is 0.809 bits per heavy atom. The molecule has 47 heavy (non-hydrogen) atoms. The van der Waals surface area contributed by atoms with E-state index in [4.69, 9.17) is 21.1 Å². The number of nitrogens with zero attached hydrogens (tertiary/aromatic N) is 2. The molecule has 0 radical (unpaired) electrons. The van der Waals surface area contributed by atoms with Crippen molar-refractivity contribution in [2.45, 2.75) is 50.2 Å². The Kier molecular flexibility index (Phi) is 11.5. The van der Waals surface area contributed by atoms with Crippen LogP contribution >= 0.6 is 11.6 Å². The van der Waals surface area contributed by atoms with Gasteiger partial charge < -0.3 is 19.7 Å². The van der Waals surface area contributed by atoms with Crippen LogP contribution in [0.4, 0.5) is 5.69 Å². The van der Waals surface area contributed by atoms with Gasteiger partial charge in [-0.25, -0.2) is 8.42 Å². The minimum atomic E-state index is -4.35. The average Bonchev–Trinajstić information content (AvgIpc) is 3.05. The third-order valence-corrected chi connectivity index (χ3v) is 9.32. The molecule has 1 N–H and O–H groups in total. The van der Waals surface area contributed by atoms with Crippen LogP contribution in [0.3, 0.4) is 0 Å². The summed E-state index contributed by atoms with van der Waals surface area (Å²) in [6, 6.07) is 28.1. The number of carbonyl (C=O) groups is 2. The van der Waals surface area contributed by atoms with Crippen LogP contribution < -0.4 is 19.1 Å². The molecule has 9 nitrogen and oxygen atoms in total. The van der Waals surface area contributed by atoms with Crippen LogP contribution in [0, 0.1) is 0 Å². The van der Waals surface area contributed by atoms with Crippen LogP contribution in [-0.2, 0) is 32.6 Å². The molecule has 0 aliphatic rings. The zero-order valence-electron chi connectivity index (χ0n) is 27.1. The molecule has 248 valence electrons. The molecule has 4 aromatic rings. The number of hydrogen-bond donors (Lipinski definition) is 1. The van der Waals surface area contributed by atoms with E-state index < -0.39 is 34.1 Å². The van der Waals surface area contributed by atoms with E-state index in [9.17, 15) is 18.0 Å². The molecular weight excluding hydrogens is 638 g/mol. The van der Waals surface area contributed by atoms with Crippen molar-refractivity contribution in [3.05, 3.63) is 119 Å². The maximum absolute atomic E-state index is 14.6. The van der Waals surface area contributed by atoms with E-state index in [2.05, 4.69) is 5.32 Å². The smallest absolute Gasteiger partial charge is 0.264 e. The average molecular weight is 678 g/mol. The van der Waals surface area contributed by atoms with Gasteiger partial charge in [-0.3, -0.25) is 13.9 Å². The predicted octanol–water partition coefficient (Wildman–Crippen LogP) is 6.11. The first-order chi connectivity index (χ1) is 22.3. The monoisotopic (exact) mass is 677 g/mol. The molecule has 0 aliphatic carbocycles. The summed E-state index contributed by atoms with van der Waals surface area (Å²) in [5, 5.41) is 3.43. The number of benzene rings is 4. The number of anilines is 1. The predicted molar refractivity (Wildman–Crippen MR) is 184 cm³/mol. The van der Waals surface area contributed by atoms with Crippen molar-refractivity contribution < 1.29 is 27.5 Å². The summed E-state index contributed by atoms with van der Waals surface area (Å²) in [4.78, 5) is 29.9. The molecule has 0 fully saturated rings. The van der Waals surface area contributed by atoms with Gasteiger partial charge in [0.25, 0.3) is 10.0 Å². The van der Waals surface area contributed by atoms with Crippen LogP contribution in [-0.4, -0.2) is 57.5 Å². The van der Waals surface area contributed by atoms with Crippen molar-refractivity contribution in [3.8, 4) is 11.5 Å². The van der Waals surface area contributed by atoms with Gasteiger partial charge in [0.1, 0.15) is 12.6 Å². The van der Waals surface area contributed by atoms with E-state index in [0.717, 1.165) is 15.4 Å². The molecule has 0 saturated carbocycles. The third-order valence-electron chi connectivity index (χ3n) is 7.30. The second-order valence-corrected chi connectivity index (χ2v) is 14.3. The number of halogens is 1. The first kappa shape index (κ1) is 35.3. The summed E-state index contributed by atoms with van der Waals surface area (Å²) in [7, 11) is -1.49. The first-order valence-corrected chi connectivity index (χ1v) is 16.8. The number of ether oxygens (including phenoxy) is 2. The molecule has 0 spiro atoms. The summed E-state index contributed by atoms with van der Waals surface area (Å²) >= 11 is 6.16. The number of carbonyl (C=O) groups excluding carboxylic acids is 2. The Bertz CT molecular complexity index is 1760. The van der Waals surface area contributed by atoms with E-state index in [1.165, 1.54) is 49.5 Å². The number of rotatable bonds is 13. The van der Waals surface area contributed by atoms with Crippen LogP contribution in [0.1, 0.15) is 31.9 Å². The lowest BCUT2D eigenvalue weighted by Crippen LogP contribution is -2.56. The minimum Gasteiger partial charge on any atom is -0.493 e. The Balaban J connectivity index is 1.82. The van der Waals surface area contributed by atoms with Gasteiger partial charge in [0.2, 0.25) is 11.8 Å². The fourth-order valence-corrected chi connectivity index (χ4v) is 6.58. The fourth-order valence-electron chi connectivity index (χ4n) is 5.03. The molecule has 0 heterocycles. The lowest BCUT2D eigenvalue weighted by Gasteiger charge is -2.35. The van der Waals surface area contributed by atoms with Crippen LogP contribution in [0.15, 0.2) is 108 Å². The number of hydrogen-bond acceptors (Lipinski definition) is 6. The molecule has 2 amide bonds. The molecule has 0 saturated heterocycles. The SMILES string of the molecule is COc1ccc(S(=O)(=O)N(CC(=O)N(Cc2ccccc2)[C@H](Cc2ccccc2)C(=O)NC(C)(C)C)c2ccc(Cl)cc2)cc1OC. The van der Waals surface area contributed by atoms with Gasteiger partial charge in [-0.1, -0.05) is 72.3 Å². The summed E-state index contributed by atoms with van der Waals surface area (Å²) in [5.41, 5.74) is 1.26. The van der Waals surface area contributed by atoms with E-state index >= 15 is 0 Å². The number of nitrogens with one attached hydrogen (secondary N) is 1. The molecule has 4 aromatic carbocycles. The zero-order valence-corrected chi connectivity index (χ0v) is 28.7. The topological polar surface area (TPSA) is 105 Å². The lowest BCUT2D eigenvalue weighted by molar-refractivity contribution is -0.140. The van der Waals surface area contributed by atoms with Gasteiger partial charge in [-0.15, -0.1) is 0 Å². The Morgan fingerprint density at radius 3 is 1.94 bits per heavy atom. The molecule has 4 rings (SSSR count). The standard InChI is InChI=1S/C36H40ClN3O6S/c1-36(2,3)38-35(42)31(22-26-12-8-6-9-13-26)39(24-27-14-10-7-11-15-27)34(41)25-40(29-18-16-28(37)17-19-29)47(43,44)30-20-21-32(45-4)33(23-30)46-5/h6-21,23,31H,22,24-25H2,1-5H3,(H,38,42)/t31-/m1/s1. The number of methoxy groups -OCH3 is 2. The highest BCUT2D eigenvalue weighted by atomic mass is 35.5. The van der Waals surface area contributed by atoms with Gasteiger partial charge in [0, 0.05) is 29.6 Å². The summed E-state index contributed by atoms with van der Waals surface area (Å²) in [6.07, 6.45) is 0.213.